The summed E-state index contributed by atoms with van der Waals surface area (Å²) >= 11 is 0. The average Bonchev–Trinajstić information content (AvgIpc) is 2.30. The summed E-state index contributed by atoms with van der Waals surface area (Å²) in [7, 11) is 0. The van der Waals surface area contributed by atoms with Crippen LogP contribution < -0.4 is 5.73 Å². The van der Waals surface area contributed by atoms with E-state index in [2.05, 4.69) is 0 Å². The van der Waals surface area contributed by atoms with Crippen LogP contribution in [0.5, 0.6) is 0 Å². The zero-order valence-corrected chi connectivity index (χ0v) is 7.10. The Bertz CT molecular complexity index is 318. The molecule has 0 saturated heterocycles. The normalized spacial score (nSPS) is 27.2. The fourth-order valence-electron chi connectivity index (χ4n) is 1.87. The van der Waals surface area contributed by atoms with Gasteiger partial charge in [0.15, 0.2) is 0 Å². The average molecular weight is 165 g/mol. The molecule has 2 rings (SSSR count). The van der Waals surface area contributed by atoms with Crippen molar-refractivity contribution in [1.29, 1.82) is 0 Å². The van der Waals surface area contributed by atoms with Crippen LogP contribution in [-0.2, 0) is 12.1 Å². The molecule has 1 nitrogen and oxygen atoms in total. The number of nitrogen functional groups attached to an aromatic ring is 1. The number of halogens is 1. The summed E-state index contributed by atoms with van der Waals surface area (Å²) in [5.74, 6) is 0. The Kier molecular flexibility index (Phi) is 1.40. The van der Waals surface area contributed by atoms with E-state index >= 15 is 0 Å². The van der Waals surface area contributed by atoms with Gasteiger partial charge in [-0.3, -0.25) is 0 Å². The quantitative estimate of drug-likeness (QED) is 0.587. The predicted molar refractivity (Wildman–Crippen MR) is 47.6 cm³/mol. The second-order valence-electron chi connectivity index (χ2n) is 3.57. The van der Waals surface area contributed by atoms with Crippen molar-refractivity contribution in [3.63, 3.8) is 0 Å². The molecular weight excluding hydrogens is 153 g/mol. The second kappa shape index (κ2) is 2.22. The molecule has 0 amide bonds. The summed E-state index contributed by atoms with van der Waals surface area (Å²) in [6, 6.07) is 5.48. The van der Waals surface area contributed by atoms with Gasteiger partial charge in [-0.15, -0.1) is 0 Å². The van der Waals surface area contributed by atoms with E-state index in [1.54, 1.807) is 6.92 Å². The predicted octanol–water partition coefficient (Wildman–Crippen LogP) is 2.40. The van der Waals surface area contributed by atoms with Crippen molar-refractivity contribution >= 4 is 5.69 Å². The highest BCUT2D eigenvalue weighted by atomic mass is 19.1. The maximum atomic E-state index is 13.7. The van der Waals surface area contributed by atoms with Gasteiger partial charge in [0, 0.05) is 5.69 Å². The lowest BCUT2D eigenvalue weighted by Gasteiger charge is -2.13. The highest BCUT2D eigenvalue weighted by molar-refractivity contribution is 5.54. The van der Waals surface area contributed by atoms with Crippen LogP contribution in [0.25, 0.3) is 0 Å². The zero-order valence-electron chi connectivity index (χ0n) is 7.10. The van der Waals surface area contributed by atoms with Crippen LogP contribution in [-0.4, -0.2) is 0 Å². The molecule has 0 spiro atoms. The third-order valence-corrected chi connectivity index (χ3v) is 2.62. The molecule has 2 N–H and O–H groups in total. The van der Waals surface area contributed by atoms with E-state index in [4.69, 9.17) is 5.73 Å². The van der Waals surface area contributed by atoms with Crippen molar-refractivity contribution in [3.8, 4) is 0 Å². The molecule has 0 bridgehead atoms. The van der Waals surface area contributed by atoms with Crippen LogP contribution in [0.4, 0.5) is 10.1 Å². The van der Waals surface area contributed by atoms with Crippen LogP contribution in [0, 0.1) is 0 Å². The van der Waals surface area contributed by atoms with Crippen LogP contribution >= 0.6 is 0 Å². The highest BCUT2D eigenvalue weighted by Gasteiger charge is 2.34. The lowest BCUT2D eigenvalue weighted by Crippen LogP contribution is -2.09. The summed E-state index contributed by atoms with van der Waals surface area (Å²) in [4.78, 5) is 0. The second-order valence-corrected chi connectivity index (χ2v) is 3.57. The first-order valence-electron chi connectivity index (χ1n) is 4.18. The first kappa shape index (κ1) is 7.59. The number of rotatable bonds is 0. The molecule has 1 aromatic carbocycles. The molecule has 2 heteroatoms. The molecule has 0 aromatic heterocycles. The lowest BCUT2D eigenvalue weighted by molar-refractivity contribution is 0.194. The monoisotopic (exact) mass is 165 g/mol. The Hall–Kier alpha value is -1.05. The SMILES string of the molecule is CC1(F)CCc2c(N)cccc21. The maximum absolute atomic E-state index is 13.7. The van der Waals surface area contributed by atoms with Gasteiger partial charge in [0.1, 0.15) is 5.67 Å². The number of hydrogen-bond acceptors (Lipinski definition) is 1. The van der Waals surface area contributed by atoms with Crippen molar-refractivity contribution in [2.24, 2.45) is 0 Å². The molecule has 1 atom stereocenters. The lowest BCUT2D eigenvalue weighted by atomic mass is 10.00. The number of nitrogens with two attached hydrogens (primary N) is 1. The summed E-state index contributed by atoms with van der Waals surface area (Å²) < 4.78 is 13.7. The van der Waals surface area contributed by atoms with Crippen LogP contribution in [0.3, 0.4) is 0 Å². The van der Waals surface area contributed by atoms with Crippen molar-refractivity contribution < 1.29 is 4.39 Å². The van der Waals surface area contributed by atoms with Crippen LogP contribution in [0.2, 0.25) is 0 Å². The smallest absolute Gasteiger partial charge is 0.133 e. The number of fused-ring (bicyclic) bond motifs is 1. The molecule has 1 aromatic rings. The van der Waals surface area contributed by atoms with Gasteiger partial charge < -0.3 is 5.73 Å². The van der Waals surface area contributed by atoms with E-state index in [0.717, 1.165) is 23.2 Å². The first-order valence-corrected chi connectivity index (χ1v) is 4.18. The molecule has 0 radical (unpaired) electrons. The molecule has 12 heavy (non-hydrogen) atoms. The molecule has 0 heterocycles. The van der Waals surface area contributed by atoms with Gasteiger partial charge in [0.25, 0.3) is 0 Å². The summed E-state index contributed by atoms with van der Waals surface area (Å²) in [5, 5.41) is 0. The van der Waals surface area contributed by atoms with Gasteiger partial charge in [0.2, 0.25) is 0 Å². The minimum atomic E-state index is -1.16. The summed E-state index contributed by atoms with van der Waals surface area (Å²) in [5.41, 5.74) is 7.08. The summed E-state index contributed by atoms with van der Waals surface area (Å²) in [6.07, 6.45) is 1.34. The molecule has 0 aliphatic heterocycles. The number of anilines is 1. The van der Waals surface area contributed by atoms with E-state index in [9.17, 15) is 4.39 Å². The topological polar surface area (TPSA) is 26.0 Å². The van der Waals surface area contributed by atoms with Crippen LogP contribution in [0.1, 0.15) is 24.5 Å². The first-order chi connectivity index (χ1) is 5.61. The Balaban J connectivity index is 2.61. The minimum Gasteiger partial charge on any atom is -0.398 e. The number of alkyl halides is 1. The Labute approximate surface area is 71.4 Å². The third-order valence-electron chi connectivity index (χ3n) is 2.62. The number of benzene rings is 1. The van der Waals surface area contributed by atoms with Gasteiger partial charge in [-0.1, -0.05) is 12.1 Å². The van der Waals surface area contributed by atoms with E-state index in [1.165, 1.54) is 0 Å². The van der Waals surface area contributed by atoms with Crippen molar-refractivity contribution in [2.45, 2.75) is 25.4 Å². The van der Waals surface area contributed by atoms with E-state index < -0.39 is 5.67 Å². The van der Waals surface area contributed by atoms with Gasteiger partial charge in [-0.25, -0.2) is 4.39 Å². The van der Waals surface area contributed by atoms with E-state index in [0.29, 0.717) is 6.42 Å². The number of hydrogen-bond donors (Lipinski definition) is 1. The van der Waals surface area contributed by atoms with Crippen LogP contribution in [0.15, 0.2) is 18.2 Å². The Morgan fingerprint density at radius 3 is 2.92 bits per heavy atom. The largest absolute Gasteiger partial charge is 0.398 e. The van der Waals surface area contributed by atoms with Crippen molar-refractivity contribution in [2.75, 3.05) is 5.73 Å². The van der Waals surface area contributed by atoms with E-state index in [-0.39, 0.29) is 0 Å². The third kappa shape index (κ3) is 0.909. The van der Waals surface area contributed by atoms with Crippen molar-refractivity contribution in [3.05, 3.63) is 29.3 Å². The fraction of sp³-hybridized carbons (Fsp3) is 0.400. The molecule has 0 saturated carbocycles. The van der Waals surface area contributed by atoms with Gasteiger partial charge in [0.05, 0.1) is 0 Å². The Morgan fingerprint density at radius 1 is 1.50 bits per heavy atom. The molecular formula is C10H12FN. The van der Waals surface area contributed by atoms with E-state index in [1.807, 2.05) is 18.2 Å². The Morgan fingerprint density at radius 2 is 2.25 bits per heavy atom. The molecule has 1 unspecified atom stereocenters. The fourth-order valence-corrected chi connectivity index (χ4v) is 1.87. The molecule has 0 fully saturated rings. The van der Waals surface area contributed by atoms with Gasteiger partial charge >= 0.3 is 0 Å². The van der Waals surface area contributed by atoms with Crippen molar-refractivity contribution in [1.82, 2.24) is 0 Å². The zero-order chi connectivity index (χ0) is 8.77. The minimum absolute atomic E-state index is 0.566. The van der Waals surface area contributed by atoms with Gasteiger partial charge in [-0.2, -0.15) is 0 Å². The summed E-state index contributed by atoms with van der Waals surface area (Å²) in [6.45, 7) is 1.62. The molecule has 1 aliphatic rings. The highest BCUT2D eigenvalue weighted by Crippen LogP contribution is 2.41. The van der Waals surface area contributed by atoms with Gasteiger partial charge in [-0.05, 0) is 37.0 Å². The molecule has 1 aliphatic carbocycles. The maximum Gasteiger partial charge on any atom is 0.133 e. The standard InChI is InChI=1S/C10H12FN/c1-10(11)6-5-7-8(10)3-2-4-9(7)12/h2-4H,5-6,12H2,1H3. The molecule has 64 valence electrons.